The molecule has 1 aliphatic heterocycles. The molecule has 3 nitrogen and oxygen atoms in total. The van der Waals surface area contributed by atoms with Crippen molar-refractivity contribution in [1.82, 2.24) is 0 Å². The number of carbonyl (C=O) groups is 1. The summed E-state index contributed by atoms with van der Waals surface area (Å²) in [6.07, 6.45) is 9.07. The number of amides is 1. The molecule has 3 fully saturated rings. The Balaban J connectivity index is 1.92. The van der Waals surface area contributed by atoms with Crippen LogP contribution in [0.3, 0.4) is 0 Å². The maximum atomic E-state index is 13.4. The highest BCUT2D eigenvalue weighted by Crippen LogP contribution is 2.80. The fourth-order valence-electron chi connectivity index (χ4n) is 8.23. The van der Waals surface area contributed by atoms with Crippen molar-refractivity contribution in [3.05, 3.63) is 41.0 Å². The topological polar surface area (TPSA) is 52.3 Å². The van der Waals surface area contributed by atoms with Crippen molar-refractivity contribution in [1.29, 1.82) is 0 Å². The third-order valence-corrected chi connectivity index (χ3v) is 18.6. The summed E-state index contributed by atoms with van der Waals surface area (Å²) in [4.78, 5) is 13.4. The molecular weight excluding hydrogens is 354 g/mol. The third kappa shape index (κ3) is 1.51. The summed E-state index contributed by atoms with van der Waals surface area (Å²) in [5.41, 5.74) is 10.5. The summed E-state index contributed by atoms with van der Waals surface area (Å²) >= 11 is 0. The average Bonchev–Trinajstić information content (AvgIpc) is 3.27. The molecule has 26 heavy (non-hydrogen) atoms. The van der Waals surface area contributed by atoms with Crippen LogP contribution in [0.4, 0.5) is 0 Å². The standard InChI is InChI=1S/C21H29NO2Si2/c1-25(2)20(18-10-6-8-14-7-5-9-17(14)18)15-11-12-16(13-15)21(20,19(22)23)26(3,4)24-25/h5-6,8-10,15-16H,7,11-13H2,1-4H3,(H2,22,23). The molecule has 1 amide bonds. The van der Waals surface area contributed by atoms with E-state index in [0.29, 0.717) is 11.8 Å². The van der Waals surface area contributed by atoms with E-state index >= 15 is 0 Å². The Hall–Kier alpha value is -1.18. The van der Waals surface area contributed by atoms with Crippen molar-refractivity contribution in [2.24, 2.45) is 17.6 Å². The number of fused-ring (bicyclic) bond motifs is 6. The zero-order valence-corrected chi connectivity index (χ0v) is 18.3. The Morgan fingerprint density at radius 3 is 2.62 bits per heavy atom. The fraction of sp³-hybridized carbons (Fsp3) is 0.571. The number of primary amides is 1. The minimum atomic E-state index is -2.30. The zero-order chi connectivity index (χ0) is 18.5. The molecule has 4 atom stereocenters. The van der Waals surface area contributed by atoms with Crippen molar-refractivity contribution >= 4 is 28.6 Å². The third-order valence-electron chi connectivity index (χ3n) is 8.32. The summed E-state index contributed by atoms with van der Waals surface area (Å²) in [5, 5.41) is -0.616. The SMILES string of the molecule is C[Si]1(C)O[Si](C)(C)C2(c3cccc4c3C=CC4)C3CCC(C3)C21C(N)=O. The van der Waals surface area contributed by atoms with Gasteiger partial charge in [0, 0.05) is 5.04 Å². The van der Waals surface area contributed by atoms with Gasteiger partial charge in [-0.15, -0.1) is 0 Å². The molecule has 4 unspecified atom stereocenters. The van der Waals surface area contributed by atoms with E-state index < -0.39 is 21.7 Å². The second kappa shape index (κ2) is 4.80. The molecule has 1 aromatic rings. The Kier molecular flexibility index (Phi) is 3.13. The van der Waals surface area contributed by atoms with E-state index in [1.165, 1.54) is 23.1 Å². The van der Waals surface area contributed by atoms with Crippen molar-refractivity contribution < 1.29 is 8.91 Å². The lowest BCUT2D eigenvalue weighted by Crippen LogP contribution is -2.63. The van der Waals surface area contributed by atoms with Gasteiger partial charge in [-0.25, -0.2) is 0 Å². The molecule has 0 aromatic heterocycles. The summed E-state index contributed by atoms with van der Waals surface area (Å²) in [6, 6.07) is 6.74. The molecule has 3 aliphatic carbocycles. The van der Waals surface area contributed by atoms with Crippen LogP contribution in [-0.4, -0.2) is 22.5 Å². The predicted molar refractivity (Wildman–Crippen MR) is 110 cm³/mol. The Bertz CT molecular complexity index is 862. The highest BCUT2D eigenvalue weighted by atomic mass is 28.4. The molecule has 2 N–H and O–H groups in total. The van der Waals surface area contributed by atoms with Gasteiger partial charge in [0.25, 0.3) is 0 Å². The number of carbonyl (C=O) groups excluding carboxylic acids is 1. The number of allylic oxidation sites excluding steroid dienone is 1. The van der Waals surface area contributed by atoms with Crippen molar-refractivity contribution in [2.75, 3.05) is 0 Å². The van der Waals surface area contributed by atoms with Crippen LogP contribution in [-0.2, 0) is 20.4 Å². The van der Waals surface area contributed by atoms with Crippen LogP contribution in [0, 0.1) is 11.8 Å². The van der Waals surface area contributed by atoms with Gasteiger partial charge in [-0.05, 0) is 80.4 Å². The van der Waals surface area contributed by atoms with Crippen LogP contribution >= 0.6 is 0 Å². The Labute approximate surface area is 158 Å². The lowest BCUT2D eigenvalue weighted by molar-refractivity contribution is -0.123. The van der Waals surface area contributed by atoms with Crippen LogP contribution in [0.15, 0.2) is 24.3 Å². The number of hydrogen-bond donors (Lipinski definition) is 1. The van der Waals surface area contributed by atoms with Gasteiger partial charge in [-0.2, -0.15) is 0 Å². The Morgan fingerprint density at radius 1 is 1.15 bits per heavy atom. The molecule has 1 heterocycles. The van der Waals surface area contributed by atoms with Crippen LogP contribution in [0.25, 0.3) is 6.08 Å². The molecule has 2 bridgehead atoms. The molecule has 4 aliphatic rings. The average molecular weight is 384 g/mol. The van der Waals surface area contributed by atoms with Crippen molar-refractivity contribution in [2.45, 2.75) is 61.9 Å². The first-order valence-corrected chi connectivity index (χ1v) is 15.8. The number of hydrogen-bond acceptors (Lipinski definition) is 2. The lowest BCUT2D eigenvalue weighted by atomic mass is 9.71. The van der Waals surface area contributed by atoms with E-state index in [1.54, 1.807) is 0 Å². The van der Waals surface area contributed by atoms with Crippen molar-refractivity contribution in [3.63, 3.8) is 0 Å². The molecule has 5 heteroatoms. The summed E-state index contributed by atoms with van der Waals surface area (Å²) in [7, 11) is -4.50. The van der Waals surface area contributed by atoms with Gasteiger partial charge >= 0.3 is 0 Å². The van der Waals surface area contributed by atoms with E-state index in [9.17, 15) is 4.79 Å². The van der Waals surface area contributed by atoms with E-state index in [2.05, 4.69) is 56.5 Å². The smallest absolute Gasteiger partial charge is 0.224 e. The summed E-state index contributed by atoms with van der Waals surface area (Å²) in [5.74, 6) is 0.873. The number of rotatable bonds is 2. The number of benzene rings is 1. The van der Waals surface area contributed by atoms with E-state index in [4.69, 9.17) is 9.85 Å². The van der Waals surface area contributed by atoms with E-state index in [1.807, 2.05) is 0 Å². The molecular formula is C21H29NO2Si2. The minimum absolute atomic E-state index is 0.0704. The largest absolute Gasteiger partial charge is 0.454 e. The van der Waals surface area contributed by atoms with Crippen LogP contribution < -0.4 is 5.73 Å². The first-order chi connectivity index (χ1) is 12.2. The highest BCUT2D eigenvalue weighted by Gasteiger charge is 2.86. The fourth-order valence-corrected chi connectivity index (χ4v) is 22.9. The predicted octanol–water partition coefficient (Wildman–Crippen LogP) is 4.13. The summed E-state index contributed by atoms with van der Waals surface area (Å²) in [6.45, 7) is 9.28. The van der Waals surface area contributed by atoms with Crippen molar-refractivity contribution in [3.8, 4) is 0 Å². The molecule has 1 aromatic carbocycles. The summed E-state index contributed by atoms with van der Waals surface area (Å²) < 4.78 is 7.02. The van der Waals surface area contributed by atoms with Gasteiger partial charge in [0.05, 0.1) is 5.04 Å². The van der Waals surface area contributed by atoms with Gasteiger partial charge < -0.3 is 9.85 Å². The van der Waals surface area contributed by atoms with Crippen LogP contribution in [0.5, 0.6) is 0 Å². The second-order valence-corrected chi connectivity index (χ2v) is 18.2. The monoisotopic (exact) mass is 383 g/mol. The van der Waals surface area contributed by atoms with Gasteiger partial charge in [0.2, 0.25) is 5.91 Å². The minimum Gasteiger partial charge on any atom is -0.454 e. The van der Waals surface area contributed by atoms with Gasteiger partial charge in [-0.1, -0.05) is 30.4 Å². The first kappa shape index (κ1) is 17.0. The van der Waals surface area contributed by atoms with E-state index in [0.717, 1.165) is 19.3 Å². The van der Waals surface area contributed by atoms with Gasteiger partial charge in [0.1, 0.15) is 0 Å². The number of nitrogens with two attached hydrogens (primary N) is 1. The van der Waals surface area contributed by atoms with Gasteiger partial charge in [0.15, 0.2) is 16.6 Å². The molecule has 0 spiro atoms. The normalized spacial score (nSPS) is 40.6. The maximum absolute atomic E-state index is 13.4. The molecule has 138 valence electrons. The molecule has 5 rings (SSSR count). The van der Waals surface area contributed by atoms with Crippen LogP contribution in [0.1, 0.15) is 36.0 Å². The second-order valence-electron chi connectivity index (χ2n) is 9.79. The van der Waals surface area contributed by atoms with Gasteiger partial charge in [-0.3, -0.25) is 4.79 Å². The lowest BCUT2D eigenvalue weighted by Gasteiger charge is -2.53. The molecule has 2 saturated carbocycles. The van der Waals surface area contributed by atoms with Crippen LogP contribution in [0.2, 0.25) is 31.2 Å². The molecule has 0 radical (unpaired) electrons. The highest BCUT2D eigenvalue weighted by molar-refractivity contribution is 6.96. The Morgan fingerprint density at radius 2 is 1.88 bits per heavy atom. The molecule has 1 saturated heterocycles. The maximum Gasteiger partial charge on any atom is 0.224 e. The zero-order valence-electron chi connectivity index (χ0n) is 16.3. The quantitative estimate of drug-likeness (QED) is 0.781. The van der Waals surface area contributed by atoms with E-state index in [-0.39, 0.29) is 10.9 Å². The first-order valence-electron chi connectivity index (χ1n) is 9.99.